The highest BCUT2D eigenvalue weighted by atomic mass is 16.6. The molecular weight excluding hydrogens is 446 g/mol. The Balaban J connectivity index is 2.46. The second kappa shape index (κ2) is 12.4. The maximum absolute atomic E-state index is 13.8. The SMILES string of the molecule is CCCC(C)NC(=O)C(c1ccc(C)cc1C)N(C(=O)C(CO)NC(=O)OC(C)(C)C)C1CCC1. The van der Waals surface area contributed by atoms with Crippen molar-refractivity contribution in [2.45, 2.75) is 110 Å². The zero-order valence-corrected chi connectivity index (χ0v) is 22.3. The van der Waals surface area contributed by atoms with E-state index in [1.807, 2.05) is 39.0 Å². The Kier molecular flexibility index (Phi) is 10.1. The van der Waals surface area contributed by atoms with Crippen LogP contribution in [0.5, 0.6) is 0 Å². The lowest BCUT2D eigenvalue weighted by molar-refractivity contribution is -0.148. The van der Waals surface area contributed by atoms with Crippen molar-refractivity contribution in [2.75, 3.05) is 6.61 Å². The summed E-state index contributed by atoms with van der Waals surface area (Å²) >= 11 is 0. The molecule has 0 aromatic heterocycles. The van der Waals surface area contributed by atoms with E-state index < -0.39 is 36.3 Å². The minimum Gasteiger partial charge on any atom is -0.444 e. The molecule has 3 N–H and O–H groups in total. The number of hydrogen-bond acceptors (Lipinski definition) is 5. The van der Waals surface area contributed by atoms with E-state index in [9.17, 15) is 19.5 Å². The van der Waals surface area contributed by atoms with Gasteiger partial charge in [0.25, 0.3) is 0 Å². The summed E-state index contributed by atoms with van der Waals surface area (Å²) in [6.07, 6.45) is 3.42. The summed E-state index contributed by atoms with van der Waals surface area (Å²) in [6, 6.07) is 3.53. The molecule has 3 atom stereocenters. The third-order valence-corrected chi connectivity index (χ3v) is 6.25. The number of amides is 3. The van der Waals surface area contributed by atoms with Gasteiger partial charge in [0.2, 0.25) is 11.8 Å². The maximum atomic E-state index is 13.8. The predicted octanol–water partition coefficient (Wildman–Crippen LogP) is 3.92. The first-order valence-corrected chi connectivity index (χ1v) is 12.7. The normalized spacial score (nSPS) is 16.5. The summed E-state index contributed by atoms with van der Waals surface area (Å²) in [4.78, 5) is 41.5. The standard InChI is InChI=1S/C27H43N3O5/c1-8-10-19(4)28-24(32)23(21-14-13-17(2)15-18(21)3)30(20-11-9-12-20)25(33)22(16-31)29-26(34)35-27(5,6)7/h13-15,19-20,22-23,31H,8-12,16H2,1-7H3,(H,28,32)(H,29,34). The van der Waals surface area contributed by atoms with Gasteiger partial charge in [-0.3, -0.25) is 9.59 Å². The number of nitrogens with one attached hydrogen (secondary N) is 2. The highest BCUT2D eigenvalue weighted by Gasteiger charge is 2.42. The summed E-state index contributed by atoms with van der Waals surface area (Å²) in [7, 11) is 0. The first-order chi connectivity index (χ1) is 16.4. The fraction of sp³-hybridized carbons (Fsp3) is 0.667. The molecule has 3 amide bonds. The number of aliphatic hydroxyl groups is 1. The van der Waals surface area contributed by atoms with Crippen molar-refractivity contribution in [2.24, 2.45) is 0 Å². The van der Waals surface area contributed by atoms with E-state index in [1.165, 1.54) is 0 Å². The number of benzene rings is 1. The molecule has 196 valence electrons. The second-order valence-electron chi connectivity index (χ2n) is 10.7. The van der Waals surface area contributed by atoms with Gasteiger partial charge in [0.15, 0.2) is 0 Å². The quantitative estimate of drug-likeness (QED) is 0.462. The first kappa shape index (κ1) is 28.6. The van der Waals surface area contributed by atoms with Crippen molar-refractivity contribution >= 4 is 17.9 Å². The molecule has 1 aliphatic carbocycles. The number of carbonyl (C=O) groups is 3. The van der Waals surface area contributed by atoms with E-state index in [2.05, 4.69) is 17.6 Å². The van der Waals surface area contributed by atoms with Crippen LogP contribution >= 0.6 is 0 Å². The van der Waals surface area contributed by atoms with E-state index in [4.69, 9.17) is 4.74 Å². The van der Waals surface area contributed by atoms with E-state index >= 15 is 0 Å². The highest BCUT2D eigenvalue weighted by molar-refractivity contribution is 5.92. The van der Waals surface area contributed by atoms with Crippen LogP contribution in [-0.4, -0.2) is 58.2 Å². The number of ether oxygens (including phenoxy) is 1. The second-order valence-corrected chi connectivity index (χ2v) is 10.7. The van der Waals surface area contributed by atoms with E-state index in [0.717, 1.165) is 48.8 Å². The van der Waals surface area contributed by atoms with Gasteiger partial charge in [-0.05, 0) is 78.4 Å². The highest BCUT2D eigenvalue weighted by Crippen LogP contribution is 2.35. The molecule has 1 aromatic carbocycles. The van der Waals surface area contributed by atoms with Gasteiger partial charge >= 0.3 is 6.09 Å². The fourth-order valence-electron chi connectivity index (χ4n) is 4.37. The van der Waals surface area contributed by atoms with Crippen LogP contribution in [-0.2, 0) is 14.3 Å². The Morgan fingerprint density at radius 3 is 2.31 bits per heavy atom. The molecule has 0 spiro atoms. The van der Waals surface area contributed by atoms with Crippen LogP contribution in [0.3, 0.4) is 0 Å². The van der Waals surface area contributed by atoms with Gasteiger partial charge in [0.1, 0.15) is 17.7 Å². The number of rotatable bonds is 10. The van der Waals surface area contributed by atoms with Crippen LogP contribution in [0.2, 0.25) is 0 Å². The Morgan fingerprint density at radius 1 is 1.17 bits per heavy atom. The molecule has 0 bridgehead atoms. The Hall–Kier alpha value is -2.61. The minimum absolute atomic E-state index is 0.0485. The van der Waals surface area contributed by atoms with Gasteiger partial charge in [-0.2, -0.15) is 0 Å². The van der Waals surface area contributed by atoms with Crippen LogP contribution in [0.25, 0.3) is 0 Å². The molecule has 0 saturated heterocycles. The van der Waals surface area contributed by atoms with Crippen molar-refractivity contribution in [1.29, 1.82) is 0 Å². The van der Waals surface area contributed by atoms with Gasteiger partial charge in [0.05, 0.1) is 6.61 Å². The molecule has 35 heavy (non-hydrogen) atoms. The molecular formula is C27H43N3O5. The Morgan fingerprint density at radius 2 is 1.83 bits per heavy atom. The lowest BCUT2D eigenvalue weighted by atomic mass is 9.87. The number of hydrogen-bond donors (Lipinski definition) is 3. The summed E-state index contributed by atoms with van der Waals surface area (Å²) in [6.45, 7) is 12.5. The van der Waals surface area contributed by atoms with E-state index in [-0.39, 0.29) is 18.0 Å². The summed E-state index contributed by atoms with van der Waals surface area (Å²) in [5.41, 5.74) is 1.96. The number of aliphatic hydroxyl groups excluding tert-OH is 1. The topological polar surface area (TPSA) is 108 Å². The monoisotopic (exact) mass is 489 g/mol. The Labute approximate surface area is 209 Å². The van der Waals surface area contributed by atoms with Gasteiger partial charge < -0.3 is 25.4 Å². The van der Waals surface area contributed by atoms with Crippen molar-refractivity contribution in [3.8, 4) is 0 Å². The van der Waals surface area contributed by atoms with Gasteiger partial charge in [-0.25, -0.2) is 4.79 Å². The van der Waals surface area contributed by atoms with Crippen LogP contribution < -0.4 is 10.6 Å². The molecule has 2 rings (SSSR count). The molecule has 1 aliphatic rings. The third kappa shape index (κ3) is 7.95. The molecule has 1 aromatic rings. The summed E-state index contributed by atoms with van der Waals surface area (Å²) in [5.74, 6) is -0.751. The largest absolute Gasteiger partial charge is 0.444 e. The van der Waals surface area contributed by atoms with Gasteiger partial charge in [0, 0.05) is 12.1 Å². The lowest BCUT2D eigenvalue weighted by Crippen LogP contribution is -2.59. The minimum atomic E-state index is -1.22. The molecule has 8 heteroatoms. The predicted molar refractivity (Wildman–Crippen MR) is 136 cm³/mol. The smallest absolute Gasteiger partial charge is 0.408 e. The summed E-state index contributed by atoms with van der Waals surface area (Å²) in [5, 5.41) is 15.6. The van der Waals surface area contributed by atoms with Crippen LogP contribution in [0.4, 0.5) is 4.79 Å². The third-order valence-electron chi connectivity index (χ3n) is 6.25. The number of alkyl carbamates (subject to hydrolysis) is 1. The van der Waals surface area contributed by atoms with Crippen LogP contribution in [0.15, 0.2) is 18.2 Å². The number of aryl methyl sites for hydroxylation is 2. The van der Waals surface area contributed by atoms with Crippen LogP contribution in [0, 0.1) is 13.8 Å². The first-order valence-electron chi connectivity index (χ1n) is 12.7. The van der Waals surface area contributed by atoms with Crippen molar-refractivity contribution in [1.82, 2.24) is 15.5 Å². The molecule has 8 nitrogen and oxygen atoms in total. The number of nitrogens with zero attached hydrogens (tertiary/aromatic N) is 1. The van der Waals surface area contributed by atoms with E-state index in [0.29, 0.717) is 0 Å². The van der Waals surface area contributed by atoms with Crippen molar-refractivity contribution in [3.63, 3.8) is 0 Å². The van der Waals surface area contributed by atoms with Crippen LogP contribution in [0.1, 0.15) is 89.5 Å². The average molecular weight is 490 g/mol. The van der Waals surface area contributed by atoms with Gasteiger partial charge in [-0.1, -0.05) is 37.1 Å². The van der Waals surface area contributed by atoms with E-state index in [1.54, 1.807) is 25.7 Å². The molecule has 1 saturated carbocycles. The zero-order chi connectivity index (χ0) is 26.3. The van der Waals surface area contributed by atoms with Gasteiger partial charge in [-0.15, -0.1) is 0 Å². The zero-order valence-electron chi connectivity index (χ0n) is 22.3. The molecule has 0 aliphatic heterocycles. The number of carbonyl (C=O) groups excluding carboxylic acids is 3. The summed E-state index contributed by atoms with van der Waals surface area (Å²) < 4.78 is 5.29. The molecule has 0 radical (unpaired) electrons. The van der Waals surface area contributed by atoms with Crippen molar-refractivity contribution in [3.05, 3.63) is 34.9 Å². The Bertz CT molecular complexity index is 891. The maximum Gasteiger partial charge on any atom is 0.408 e. The van der Waals surface area contributed by atoms with Crippen molar-refractivity contribution < 1.29 is 24.2 Å². The average Bonchev–Trinajstić information content (AvgIpc) is 2.69. The fourth-order valence-corrected chi connectivity index (χ4v) is 4.37. The molecule has 3 unspecified atom stereocenters. The molecule has 0 heterocycles. The molecule has 1 fully saturated rings. The lowest BCUT2D eigenvalue weighted by Gasteiger charge is -2.44.